The predicted molar refractivity (Wildman–Crippen MR) is 77.4 cm³/mol. The highest BCUT2D eigenvalue weighted by molar-refractivity contribution is 5.37. The van der Waals surface area contributed by atoms with Gasteiger partial charge in [0.15, 0.2) is 11.6 Å². The molecular weight excluding hydrogens is 255 g/mol. The van der Waals surface area contributed by atoms with Gasteiger partial charge in [-0.15, -0.1) is 0 Å². The molecule has 0 aliphatic carbocycles. The van der Waals surface area contributed by atoms with Gasteiger partial charge in [-0.3, -0.25) is 4.98 Å². The van der Waals surface area contributed by atoms with Crippen molar-refractivity contribution in [1.29, 1.82) is 0 Å². The molecular formula is C16H19FN2O. The fourth-order valence-corrected chi connectivity index (χ4v) is 2.20. The number of methoxy groups -OCH3 is 1. The Morgan fingerprint density at radius 1 is 1.35 bits per heavy atom. The molecule has 1 atom stereocenters. The Balaban J connectivity index is 2.48. The molecule has 0 radical (unpaired) electrons. The first kappa shape index (κ1) is 14.5. The van der Waals surface area contributed by atoms with E-state index in [1.54, 1.807) is 24.4 Å². The fourth-order valence-electron chi connectivity index (χ4n) is 2.20. The molecule has 2 rings (SSSR count). The van der Waals surface area contributed by atoms with Crippen molar-refractivity contribution in [1.82, 2.24) is 10.3 Å². The highest BCUT2D eigenvalue weighted by Crippen LogP contribution is 2.28. The molecule has 3 nitrogen and oxygen atoms in total. The van der Waals surface area contributed by atoms with Crippen molar-refractivity contribution in [3.05, 3.63) is 59.2 Å². The first-order chi connectivity index (χ1) is 9.67. The zero-order valence-electron chi connectivity index (χ0n) is 12.0. The first-order valence-electron chi connectivity index (χ1n) is 6.65. The molecule has 0 amide bonds. The molecule has 106 valence electrons. The van der Waals surface area contributed by atoms with Crippen LogP contribution in [-0.2, 0) is 0 Å². The quantitative estimate of drug-likeness (QED) is 0.909. The van der Waals surface area contributed by atoms with Gasteiger partial charge in [0.05, 0.1) is 18.8 Å². The molecule has 1 unspecified atom stereocenters. The van der Waals surface area contributed by atoms with E-state index in [4.69, 9.17) is 4.74 Å². The van der Waals surface area contributed by atoms with E-state index in [2.05, 4.69) is 10.3 Å². The highest BCUT2D eigenvalue weighted by Gasteiger charge is 2.20. The third-order valence-corrected chi connectivity index (χ3v) is 3.16. The Labute approximate surface area is 118 Å². The molecule has 1 aromatic carbocycles. The molecule has 20 heavy (non-hydrogen) atoms. The van der Waals surface area contributed by atoms with Crippen LogP contribution in [0, 0.1) is 12.7 Å². The van der Waals surface area contributed by atoms with Crippen molar-refractivity contribution in [3.63, 3.8) is 0 Å². The van der Waals surface area contributed by atoms with E-state index in [0.29, 0.717) is 5.56 Å². The Morgan fingerprint density at radius 3 is 2.80 bits per heavy atom. The van der Waals surface area contributed by atoms with E-state index in [-0.39, 0.29) is 17.6 Å². The SMILES string of the molecule is CCNC(c1cc(C)ccn1)c1cccc(OC)c1F. The van der Waals surface area contributed by atoms with Crippen LogP contribution in [-0.4, -0.2) is 18.6 Å². The van der Waals surface area contributed by atoms with E-state index in [1.165, 1.54) is 7.11 Å². The van der Waals surface area contributed by atoms with Gasteiger partial charge in [0.2, 0.25) is 0 Å². The third kappa shape index (κ3) is 2.96. The molecule has 1 aromatic heterocycles. The number of aromatic nitrogens is 1. The largest absolute Gasteiger partial charge is 0.494 e. The van der Waals surface area contributed by atoms with Gasteiger partial charge in [-0.05, 0) is 37.2 Å². The average Bonchev–Trinajstić information content (AvgIpc) is 2.45. The number of benzene rings is 1. The number of hydrogen-bond donors (Lipinski definition) is 1. The molecule has 0 spiro atoms. The first-order valence-corrected chi connectivity index (χ1v) is 6.65. The fraction of sp³-hybridized carbons (Fsp3) is 0.312. The normalized spacial score (nSPS) is 12.2. The van der Waals surface area contributed by atoms with Gasteiger partial charge in [0, 0.05) is 11.8 Å². The molecule has 0 aliphatic rings. The zero-order valence-corrected chi connectivity index (χ0v) is 12.0. The number of rotatable bonds is 5. The van der Waals surface area contributed by atoms with Crippen molar-refractivity contribution in [2.24, 2.45) is 0 Å². The standard InChI is InChI=1S/C16H19FN2O/c1-4-18-16(13-10-11(2)8-9-19-13)12-6-5-7-14(20-3)15(12)17/h5-10,16,18H,4H2,1-3H3. The monoisotopic (exact) mass is 274 g/mol. The minimum Gasteiger partial charge on any atom is -0.494 e. The van der Waals surface area contributed by atoms with Crippen LogP contribution in [0.1, 0.15) is 29.8 Å². The summed E-state index contributed by atoms with van der Waals surface area (Å²) in [6.07, 6.45) is 1.74. The van der Waals surface area contributed by atoms with E-state index in [9.17, 15) is 4.39 Å². The maximum Gasteiger partial charge on any atom is 0.170 e. The van der Waals surface area contributed by atoms with Gasteiger partial charge in [-0.1, -0.05) is 19.1 Å². The summed E-state index contributed by atoms with van der Waals surface area (Å²) in [5.41, 5.74) is 2.45. The lowest BCUT2D eigenvalue weighted by atomic mass is 10.0. The molecule has 0 saturated heterocycles. The number of nitrogens with zero attached hydrogens (tertiary/aromatic N) is 1. The van der Waals surface area contributed by atoms with Crippen molar-refractivity contribution in [2.75, 3.05) is 13.7 Å². The number of halogens is 1. The highest BCUT2D eigenvalue weighted by atomic mass is 19.1. The molecule has 1 heterocycles. The summed E-state index contributed by atoms with van der Waals surface area (Å²) in [6, 6.07) is 8.77. The minimum absolute atomic E-state index is 0.248. The molecule has 0 fully saturated rings. The average molecular weight is 274 g/mol. The van der Waals surface area contributed by atoms with Crippen LogP contribution in [0.25, 0.3) is 0 Å². The molecule has 2 aromatic rings. The summed E-state index contributed by atoms with van der Waals surface area (Å²) in [4.78, 5) is 4.36. The molecule has 1 N–H and O–H groups in total. The van der Waals surface area contributed by atoms with Crippen LogP contribution in [0.4, 0.5) is 4.39 Å². The summed E-state index contributed by atoms with van der Waals surface area (Å²) in [7, 11) is 1.47. The Hall–Kier alpha value is -1.94. The van der Waals surface area contributed by atoms with Gasteiger partial charge in [-0.2, -0.15) is 0 Å². The molecule has 0 aliphatic heterocycles. The van der Waals surface area contributed by atoms with Crippen molar-refractivity contribution < 1.29 is 9.13 Å². The van der Waals surface area contributed by atoms with Crippen LogP contribution in [0.5, 0.6) is 5.75 Å². The van der Waals surface area contributed by atoms with E-state index in [0.717, 1.165) is 17.8 Å². The van der Waals surface area contributed by atoms with Crippen LogP contribution in [0.15, 0.2) is 36.5 Å². The Morgan fingerprint density at radius 2 is 2.15 bits per heavy atom. The lowest BCUT2D eigenvalue weighted by Gasteiger charge is -2.19. The molecule has 4 heteroatoms. The predicted octanol–water partition coefficient (Wildman–Crippen LogP) is 3.24. The summed E-state index contributed by atoms with van der Waals surface area (Å²) in [5.74, 6) is -0.0951. The topological polar surface area (TPSA) is 34.2 Å². The zero-order chi connectivity index (χ0) is 14.5. The van der Waals surface area contributed by atoms with Crippen LogP contribution in [0.3, 0.4) is 0 Å². The Bertz CT molecular complexity index is 586. The molecule has 0 bridgehead atoms. The number of nitrogens with one attached hydrogen (secondary N) is 1. The second-order valence-corrected chi connectivity index (χ2v) is 4.61. The van der Waals surface area contributed by atoms with E-state index >= 15 is 0 Å². The maximum atomic E-state index is 14.4. The van der Waals surface area contributed by atoms with Crippen LogP contribution >= 0.6 is 0 Å². The third-order valence-electron chi connectivity index (χ3n) is 3.16. The number of pyridine rings is 1. The second kappa shape index (κ2) is 6.48. The summed E-state index contributed by atoms with van der Waals surface area (Å²) < 4.78 is 19.5. The smallest absolute Gasteiger partial charge is 0.170 e. The molecule has 0 saturated carbocycles. The van der Waals surface area contributed by atoms with E-state index in [1.807, 2.05) is 26.0 Å². The lowest BCUT2D eigenvalue weighted by Crippen LogP contribution is -2.24. The van der Waals surface area contributed by atoms with Crippen molar-refractivity contribution >= 4 is 0 Å². The summed E-state index contributed by atoms with van der Waals surface area (Å²) >= 11 is 0. The van der Waals surface area contributed by atoms with Crippen LogP contribution < -0.4 is 10.1 Å². The second-order valence-electron chi connectivity index (χ2n) is 4.61. The summed E-state index contributed by atoms with van der Waals surface area (Å²) in [6.45, 7) is 4.70. The Kier molecular flexibility index (Phi) is 4.69. The lowest BCUT2D eigenvalue weighted by molar-refractivity contribution is 0.381. The van der Waals surface area contributed by atoms with Gasteiger partial charge < -0.3 is 10.1 Å². The van der Waals surface area contributed by atoms with E-state index < -0.39 is 0 Å². The number of hydrogen-bond acceptors (Lipinski definition) is 3. The number of aryl methyl sites for hydroxylation is 1. The number of ether oxygens (including phenoxy) is 1. The van der Waals surface area contributed by atoms with Gasteiger partial charge in [-0.25, -0.2) is 4.39 Å². The van der Waals surface area contributed by atoms with Crippen molar-refractivity contribution in [3.8, 4) is 5.75 Å². The van der Waals surface area contributed by atoms with Gasteiger partial charge in [0.1, 0.15) is 0 Å². The maximum absolute atomic E-state index is 14.4. The minimum atomic E-state index is -0.343. The van der Waals surface area contributed by atoms with Crippen molar-refractivity contribution in [2.45, 2.75) is 19.9 Å². The van der Waals surface area contributed by atoms with Crippen LogP contribution in [0.2, 0.25) is 0 Å². The van der Waals surface area contributed by atoms with Gasteiger partial charge >= 0.3 is 0 Å². The summed E-state index contributed by atoms with van der Waals surface area (Å²) in [5, 5.41) is 3.28. The van der Waals surface area contributed by atoms with Gasteiger partial charge in [0.25, 0.3) is 0 Å².